The van der Waals surface area contributed by atoms with Crippen molar-refractivity contribution in [3.8, 4) is 0 Å². The lowest BCUT2D eigenvalue weighted by Gasteiger charge is -2.41. The van der Waals surface area contributed by atoms with E-state index in [1.54, 1.807) is 0 Å². The van der Waals surface area contributed by atoms with Crippen molar-refractivity contribution in [2.24, 2.45) is 5.92 Å². The molecular weight excluding hydrogens is 292 g/mol. The van der Waals surface area contributed by atoms with Crippen molar-refractivity contribution in [1.82, 2.24) is 19.9 Å². The molecule has 23 heavy (non-hydrogen) atoms. The molecule has 2 atom stereocenters. The van der Waals surface area contributed by atoms with Crippen LogP contribution in [0.15, 0.2) is 18.5 Å². The number of carbonyl (C=O) groups is 1. The molecule has 1 saturated heterocycles. The zero-order valence-corrected chi connectivity index (χ0v) is 12.1. The average molecular weight is 323 g/mol. The molecule has 0 bridgehead atoms. The Bertz CT molecular complexity index is 1170. The molecule has 7 nitrogen and oxygen atoms in total. The topological polar surface area (TPSA) is 69.5 Å². The van der Waals surface area contributed by atoms with Crippen molar-refractivity contribution in [1.29, 1.82) is 0 Å². The van der Waals surface area contributed by atoms with Crippen molar-refractivity contribution >= 4 is 22.8 Å². The number of nitrogens with one attached hydrogen (secondary N) is 1. The zero-order valence-electron chi connectivity index (χ0n) is 23.1. The fourth-order valence-corrected chi connectivity index (χ4v) is 2.29. The lowest BCUT2D eigenvalue weighted by molar-refractivity contribution is -0.130. The largest absolute Gasteiger partial charge is 0.354 e. The Kier molecular flexibility index (Phi) is 1.87. The number of likely N-dealkylation sites (tertiary alicyclic amines) is 1. The smallest absolute Gasteiger partial charge is 0.302 e. The molecule has 1 fully saturated rings. The molecule has 0 saturated carbocycles. The van der Waals surface area contributed by atoms with E-state index in [4.69, 9.17) is 21.7 Å². The Morgan fingerprint density at radius 2 is 2.65 bits per heavy atom. The maximum absolute atomic E-state index is 12.8. The summed E-state index contributed by atoms with van der Waals surface area (Å²) in [6.45, 7) is -5.41. The van der Waals surface area contributed by atoms with Crippen LogP contribution in [0.4, 0.5) is 5.82 Å². The van der Waals surface area contributed by atoms with Crippen molar-refractivity contribution in [2.45, 2.75) is 19.3 Å². The van der Waals surface area contributed by atoms with Crippen LogP contribution in [0, 0.1) is 12.5 Å². The maximum atomic E-state index is 12.8. The third-order valence-corrected chi connectivity index (χ3v) is 3.42. The molecule has 1 amide bonds. The molecule has 0 unspecified atom stereocenters. The lowest BCUT2D eigenvalue weighted by atomic mass is 9.92. The first-order valence-electron chi connectivity index (χ1n) is 12.1. The normalized spacial score (nSPS) is 33.7. The maximum Gasteiger partial charge on any atom is 0.302 e. The molecule has 3 rings (SSSR count). The van der Waals surface area contributed by atoms with Crippen LogP contribution in [0.2, 0.25) is 0 Å². The van der Waals surface area contributed by atoms with Crippen LogP contribution < -0.4 is 4.90 Å². The molecule has 7 heteroatoms. The van der Waals surface area contributed by atoms with Gasteiger partial charge in [0.2, 0.25) is 0 Å². The summed E-state index contributed by atoms with van der Waals surface area (Å²) in [6.07, 6.45) is -0.183. The van der Waals surface area contributed by atoms with E-state index in [2.05, 4.69) is 19.8 Å². The number of aromatic amines is 1. The summed E-state index contributed by atoms with van der Waals surface area (Å²) in [5.41, 5.74) is 0.0567. The molecule has 2 aromatic rings. The molecule has 0 spiro atoms. The first-order valence-corrected chi connectivity index (χ1v) is 6.65. The van der Waals surface area contributed by atoms with Crippen molar-refractivity contribution in [3.63, 3.8) is 0 Å². The monoisotopic (exact) mass is 323 g/mol. The molecule has 1 N–H and O–H groups in total. The lowest BCUT2D eigenvalue weighted by Crippen LogP contribution is -2.53. The third-order valence-electron chi connectivity index (χ3n) is 3.42. The molecule has 0 aromatic carbocycles. The van der Waals surface area contributed by atoms with E-state index in [1.807, 2.05) is 0 Å². The molecule has 0 radical (unpaired) electrons. The van der Waals surface area contributed by atoms with Gasteiger partial charge in [-0.15, -0.1) is 0 Å². The van der Waals surface area contributed by atoms with Gasteiger partial charge in [0.15, 0.2) is 0 Å². The number of carbonyl (C=O) groups excluding carboxylic acids is 1. The standard InChI is InChI=1S/C16H20N6O/c1-11-5-7-22(14(23)8-17-2)9-13(11)21(3)16-12-4-6-18-15(12)19-10-20-16/h4,6,10-11,13H,5,7-9H2,1,3H3,(H,18,19,20)/t11-,13+/m1/s1/i1D3,4D,7D2,8D2,9D2,10D. The first-order chi connectivity index (χ1) is 15.4. The van der Waals surface area contributed by atoms with Gasteiger partial charge in [0.25, 0.3) is 6.50 Å². The van der Waals surface area contributed by atoms with Gasteiger partial charge in [0.05, 0.1) is 15.5 Å². The summed E-state index contributed by atoms with van der Waals surface area (Å²) in [5.74, 6) is -3.72. The Morgan fingerprint density at radius 1 is 1.78 bits per heavy atom. The molecule has 120 valence electrons. The van der Waals surface area contributed by atoms with Crippen molar-refractivity contribution < 1.29 is 19.9 Å². The van der Waals surface area contributed by atoms with E-state index in [9.17, 15) is 4.79 Å². The van der Waals surface area contributed by atoms with Crippen LogP contribution in [0.5, 0.6) is 0 Å². The fourth-order valence-electron chi connectivity index (χ4n) is 2.29. The van der Waals surface area contributed by atoms with Gasteiger partial charge in [-0.3, -0.25) is 4.79 Å². The SMILES string of the molecule is [2H]c1nc(N(C)[C@@H]2[C@H](C([2H])([2H])[2H])CC([2H])([2H])N(C(=O)C([2H])([2H])[N+]#[C-])C2([2H])[2H])c2c([2H])c[nH]c2n1. The Balaban J connectivity index is 2.27. The van der Waals surface area contributed by atoms with Gasteiger partial charge < -0.3 is 19.6 Å². The zero-order chi connectivity index (χ0) is 26.0. The van der Waals surface area contributed by atoms with Crippen LogP contribution in [0.1, 0.15) is 28.4 Å². The second-order valence-electron chi connectivity index (χ2n) is 4.82. The highest BCUT2D eigenvalue weighted by molar-refractivity contribution is 5.87. The number of amides is 1. The number of aromatic nitrogens is 3. The Morgan fingerprint density at radius 3 is 3.43 bits per heavy atom. The summed E-state index contributed by atoms with van der Waals surface area (Å²) in [5, 5.41) is 0.0431. The second-order valence-corrected chi connectivity index (χ2v) is 4.82. The summed E-state index contributed by atoms with van der Waals surface area (Å²) in [4.78, 5) is 26.8. The van der Waals surface area contributed by atoms with Gasteiger partial charge in [0.1, 0.15) is 21.9 Å². The molecule has 3 heterocycles. The highest BCUT2D eigenvalue weighted by atomic mass is 16.2. The average Bonchev–Trinajstić information content (AvgIpc) is 3.05. The van der Waals surface area contributed by atoms with Gasteiger partial charge in [-0.05, 0) is 18.4 Å². The Hall–Kier alpha value is -2.62. The molecule has 1 aliphatic heterocycles. The van der Waals surface area contributed by atoms with E-state index in [1.165, 1.54) is 13.2 Å². The van der Waals surface area contributed by atoms with Crippen LogP contribution in [0.25, 0.3) is 15.9 Å². The highest BCUT2D eigenvalue weighted by Crippen LogP contribution is 2.28. The van der Waals surface area contributed by atoms with Crippen LogP contribution >= 0.6 is 0 Å². The number of nitrogens with zero attached hydrogens (tertiary/aromatic N) is 5. The first kappa shape index (κ1) is 6.87. The second kappa shape index (κ2) is 6.24. The van der Waals surface area contributed by atoms with E-state index < -0.39 is 56.9 Å². The van der Waals surface area contributed by atoms with E-state index in [0.717, 1.165) is 4.90 Å². The minimum atomic E-state index is -3.30. The summed E-state index contributed by atoms with van der Waals surface area (Å²) < 4.78 is 88.9. The Labute approximate surface area is 150 Å². The van der Waals surface area contributed by atoms with Gasteiger partial charge in [-0.25, -0.2) is 16.5 Å². The molecule has 0 aliphatic carbocycles. The van der Waals surface area contributed by atoms with Gasteiger partial charge in [0, 0.05) is 33.1 Å². The number of piperidine rings is 1. The van der Waals surface area contributed by atoms with E-state index in [0.29, 0.717) is 0 Å². The number of H-pyrrole nitrogens is 1. The molecular formula is C16H20N6O. The molecule has 2 aromatic heterocycles. The summed E-state index contributed by atoms with van der Waals surface area (Å²) in [7, 11) is 1.22. The number of hydrogen-bond acceptors (Lipinski definition) is 4. The number of likely N-dealkylation sites (N-methyl/N-ethyl adjacent to an activating group) is 1. The van der Waals surface area contributed by atoms with Crippen LogP contribution in [-0.4, -0.2) is 58.3 Å². The van der Waals surface area contributed by atoms with Crippen LogP contribution in [0.3, 0.4) is 0 Å². The highest BCUT2D eigenvalue weighted by Gasteiger charge is 2.33. The van der Waals surface area contributed by atoms with E-state index >= 15 is 0 Å². The number of rotatable bonds is 3. The quantitative estimate of drug-likeness (QED) is 0.870. The van der Waals surface area contributed by atoms with Crippen molar-refractivity contribution in [2.75, 3.05) is 31.4 Å². The van der Waals surface area contributed by atoms with Gasteiger partial charge in [-0.1, -0.05) is 6.85 Å². The van der Waals surface area contributed by atoms with Crippen molar-refractivity contribution in [3.05, 3.63) is 30.0 Å². The number of anilines is 1. The van der Waals surface area contributed by atoms with Gasteiger partial charge >= 0.3 is 5.91 Å². The van der Waals surface area contributed by atoms with Crippen LogP contribution in [-0.2, 0) is 4.79 Å². The summed E-state index contributed by atoms with van der Waals surface area (Å²) >= 11 is 0. The molecule has 1 aliphatic rings. The summed E-state index contributed by atoms with van der Waals surface area (Å²) in [6, 6.07) is -1.97. The fraction of sp³-hybridized carbons (Fsp3) is 0.500. The predicted octanol–water partition coefficient (Wildman–Crippen LogP) is 1.55. The van der Waals surface area contributed by atoms with Gasteiger partial charge in [-0.2, -0.15) is 0 Å². The van der Waals surface area contributed by atoms with E-state index in [-0.39, 0.29) is 27.8 Å². The minimum Gasteiger partial charge on any atom is -0.354 e. The number of fused-ring (bicyclic) bond motifs is 1. The number of hydrogen-bond donors (Lipinski definition) is 1. The minimum absolute atomic E-state index is 0.0431. The third kappa shape index (κ3) is 2.84. The predicted molar refractivity (Wildman–Crippen MR) is 87.9 cm³/mol.